The van der Waals surface area contributed by atoms with Crippen molar-refractivity contribution in [2.45, 2.75) is 84.0 Å². The highest BCUT2D eigenvalue weighted by Gasteiger charge is 2.06. The Balaban J connectivity index is 3.90. The summed E-state index contributed by atoms with van der Waals surface area (Å²) in [5.41, 5.74) is 0.260. The van der Waals surface area contributed by atoms with Crippen LogP contribution in [0.15, 0.2) is 48.2 Å². The van der Waals surface area contributed by atoms with Crippen LogP contribution in [0.25, 0.3) is 0 Å². The van der Waals surface area contributed by atoms with E-state index in [-0.39, 0.29) is 10.6 Å². The number of carbonyl (C=O) groups is 1. The Kier molecular flexibility index (Phi) is 17.9. The maximum Gasteiger partial charge on any atom is 0.246 e. The molecule has 0 saturated carbocycles. The van der Waals surface area contributed by atoms with Crippen molar-refractivity contribution < 1.29 is 9.72 Å². The molecular weight excluding hydrogens is 326 g/mol. The fraction of sp³-hybridized carbons (Fsp3) is 0.591. The fourth-order valence-electron chi connectivity index (χ4n) is 2.43. The first-order valence-electron chi connectivity index (χ1n) is 9.94. The first-order valence-corrected chi connectivity index (χ1v) is 9.94. The Morgan fingerprint density at radius 1 is 0.808 bits per heavy atom. The van der Waals surface area contributed by atoms with Crippen LogP contribution in [-0.2, 0) is 4.79 Å². The number of allylic oxidation sites excluding steroid dienone is 7. The third-order valence-electron chi connectivity index (χ3n) is 3.99. The van der Waals surface area contributed by atoms with Gasteiger partial charge in [0.25, 0.3) is 0 Å². The zero-order chi connectivity index (χ0) is 19.3. The van der Waals surface area contributed by atoms with Crippen molar-refractivity contribution in [2.24, 2.45) is 0 Å². The number of unbranched alkanes of at least 4 members (excludes halogenated alkanes) is 7. The number of carbonyl (C=O) groups excluding carboxylic acids is 1. The van der Waals surface area contributed by atoms with Gasteiger partial charge in [-0.05, 0) is 51.0 Å². The molecule has 0 aromatic rings. The smallest absolute Gasteiger partial charge is 0.246 e. The van der Waals surface area contributed by atoms with Crippen molar-refractivity contribution >= 4 is 6.29 Å². The van der Waals surface area contributed by atoms with Gasteiger partial charge >= 0.3 is 0 Å². The summed E-state index contributed by atoms with van der Waals surface area (Å²) in [6, 6.07) is 0. The van der Waals surface area contributed by atoms with E-state index >= 15 is 0 Å². The molecule has 0 spiro atoms. The van der Waals surface area contributed by atoms with Crippen molar-refractivity contribution in [3.63, 3.8) is 0 Å². The maximum absolute atomic E-state index is 11.0. The first kappa shape index (κ1) is 24.0. The summed E-state index contributed by atoms with van der Waals surface area (Å²) in [5.74, 6) is 0. The van der Waals surface area contributed by atoms with Crippen LogP contribution in [0.5, 0.6) is 0 Å². The zero-order valence-electron chi connectivity index (χ0n) is 16.3. The van der Waals surface area contributed by atoms with Gasteiger partial charge in [0.1, 0.15) is 6.29 Å². The van der Waals surface area contributed by atoms with Gasteiger partial charge in [-0.25, -0.2) is 0 Å². The van der Waals surface area contributed by atoms with E-state index < -0.39 is 0 Å². The van der Waals surface area contributed by atoms with Gasteiger partial charge in [-0.15, -0.1) is 0 Å². The quantitative estimate of drug-likeness (QED) is 0.0950. The summed E-state index contributed by atoms with van der Waals surface area (Å²) in [5, 5.41) is 11.0. The highest BCUT2D eigenvalue weighted by Crippen LogP contribution is 2.09. The molecule has 0 bridgehead atoms. The van der Waals surface area contributed by atoms with Crippen LogP contribution in [-0.4, -0.2) is 11.2 Å². The lowest BCUT2D eigenvalue weighted by Crippen LogP contribution is -1.97. The van der Waals surface area contributed by atoms with Crippen molar-refractivity contribution in [3.05, 3.63) is 58.3 Å². The van der Waals surface area contributed by atoms with Crippen LogP contribution in [0.2, 0.25) is 0 Å². The normalized spacial score (nSPS) is 12.6. The minimum Gasteiger partial charge on any atom is -0.303 e. The molecule has 0 saturated heterocycles. The predicted molar refractivity (Wildman–Crippen MR) is 110 cm³/mol. The zero-order valence-corrected chi connectivity index (χ0v) is 16.3. The van der Waals surface area contributed by atoms with Gasteiger partial charge in [0.15, 0.2) is 0 Å². The fourth-order valence-corrected chi connectivity index (χ4v) is 2.43. The first-order chi connectivity index (χ1) is 12.7. The third kappa shape index (κ3) is 16.9. The van der Waals surface area contributed by atoms with Crippen LogP contribution >= 0.6 is 0 Å². The van der Waals surface area contributed by atoms with Gasteiger partial charge < -0.3 is 4.79 Å². The second-order valence-electron chi connectivity index (χ2n) is 6.34. The number of nitrogens with zero attached hydrogens (tertiary/aromatic N) is 1. The minimum atomic E-state index is -0.297. The molecule has 146 valence electrons. The molecule has 0 aliphatic heterocycles. The molecule has 0 heterocycles. The average Bonchev–Trinajstić information content (AvgIpc) is 2.63. The van der Waals surface area contributed by atoms with Gasteiger partial charge in [-0.3, -0.25) is 10.1 Å². The topological polar surface area (TPSA) is 60.2 Å². The van der Waals surface area contributed by atoms with Gasteiger partial charge in [0.05, 0.1) is 11.3 Å². The Labute approximate surface area is 158 Å². The highest BCUT2D eigenvalue weighted by molar-refractivity contribution is 5.48. The Bertz CT molecular complexity index is 476. The number of aldehydes is 1. The van der Waals surface area contributed by atoms with Gasteiger partial charge in [0.2, 0.25) is 5.70 Å². The molecule has 4 nitrogen and oxygen atoms in total. The second kappa shape index (κ2) is 19.4. The predicted octanol–water partition coefficient (Wildman–Crippen LogP) is 6.72. The van der Waals surface area contributed by atoms with Crippen LogP contribution in [0, 0.1) is 10.1 Å². The van der Waals surface area contributed by atoms with Crippen molar-refractivity contribution in [1.29, 1.82) is 0 Å². The molecule has 0 amide bonds. The number of hydrogen-bond acceptors (Lipinski definition) is 3. The molecule has 0 atom stereocenters. The van der Waals surface area contributed by atoms with E-state index in [2.05, 4.69) is 31.2 Å². The van der Waals surface area contributed by atoms with Crippen molar-refractivity contribution in [1.82, 2.24) is 0 Å². The summed E-state index contributed by atoms with van der Waals surface area (Å²) in [7, 11) is 0. The summed E-state index contributed by atoms with van der Waals surface area (Å²) in [4.78, 5) is 20.9. The summed E-state index contributed by atoms with van der Waals surface area (Å²) in [6.07, 6.45) is 26.2. The largest absolute Gasteiger partial charge is 0.303 e. The average molecular weight is 362 g/mol. The lowest BCUT2D eigenvalue weighted by Gasteiger charge is -1.96. The van der Waals surface area contributed by atoms with Crippen LogP contribution < -0.4 is 0 Å². The van der Waals surface area contributed by atoms with E-state index in [9.17, 15) is 14.9 Å². The lowest BCUT2D eigenvalue weighted by atomic mass is 10.1. The number of rotatable bonds is 17. The van der Waals surface area contributed by atoms with Crippen LogP contribution in [0.1, 0.15) is 84.0 Å². The molecule has 0 aromatic heterocycles. The lowest BCUT2D eigenvalue weighted by molar-refractivity contribution is -0.427. The molecule has 0 radical (unpaired) electrons. The van der Waals surface area contributed by atoms with E-state index in [1.165, 1.54) is 19.3 Å². The van der Waals surface area contributed by atoms with E-state index in [4.69, 9.17) is 0 Å². The van der Waals surface area contributed by atoms with E-state index in [0.29, 0.717) is 19.3 Å². The monoisotopic (exact) mass is 361 g/mol. The summed E-state index contributed by atoms with van der Waals surface area (Å²) < 4.78 is 0. The Hall–Kier alpha value is -1.97. The molecule has 0 aromatic carbocycles. The summed E-state index contributed by atoms with van der Waals surface area (Å²) >= 11 is 0. The second-order valence-corrected chi connectivity index (χ2v) is 6.34. The molecule has 26 heavy (non-hydrogen) atoms. The van der Waals surface area contributed by atoms with Crippen LogP contribution in [0.4, 0.5) is 0 Å². The van der Waals surface area contributed by atoms with E-state index in [1.807, 2.05) is 12.2 Å². The van der Waals surface area contributed by atoms with Gasteiger partial charge in [-0.1, -0.05) is 62.6 Å². The summed E-state index contributed by atoms with van der Waals surface area (Å²) in [6.45, 7) is 2.21. The third-order valence-corrected chi connectivity index (χ3v) is 3.99. The van der Waals surface area contributed by atoms with Crippen molar-refractivity contribution in [3.8, 4) is 0 Å². The molecule has 0 N–H and O–H groups in total. The Morgan fingerprint density at radius 3 is 2.08 bits per heavy atom. The van der Waals surface area contributed by atoms with Gasteiger partial charge in [-0.2, -0.15) is 0 Å². The molecule has 4 heteroatoms. The van der Waals surface area contributed by atoms with Crippen molar-refractivity contribution in [2.75, 3.05) is 0 Å². The molecule has 0 unspecified atom stereocenters. The van der Waals surface area contributed by atoms with Gasteiger partial charge in [0, 0.05) is 6.42 Å². The molecule has 0 aliphatic rings. The maximum atomic E-state index is 11.0. The number of nitro groups is 1. The SMILES string of the molecule is CCCCC/C=C/C/C=C/C/C=C/C/C(=C/CCCCCC=O)[N+](=O)[O-]. The molecular formula is C22H35NO3. The molecule has 0 rings (SSSR count). The molecule has 0 aliphatic carbocycles. The van der Waals surface area contributed by atoms with E-state index in [0.717, 1.165) is 44.8 Å². The molecule has 0 fully saturated rings. The van der Waals surface area contributed by atoms with Crippen LogP contribution in [0.3, 0.4) is 0 Å². The standard InChI is InChI=1S/C22H35NO3/c1-2-3-4-5-6-7-8-9-10-11-13-16-19-22(23(25)26)20-17-14-12-15-18-21-24/h6-7,9-10,13,16,20-21H,2-5,8,11-12,14-15,17-19H2,1H3/b7-6+,10-9+,16-13+,22-20-. The minimum absolute atomic E-state index is 0.260. The number of hydrogen-bond donors (Lipinski definition) is 0. The Morgan fingerprint density at radius 2 is 1.42 bits per heavy atom. The van der Waals surface area contributed by atoms with E-state index in [1.54, 1.807) is 6.08 Å². The highest BCUT2D eigenvalue weighted by atomic mass is 16.6.